The average molecular weight is 259 g/mol. The van der Waals surface area contributed by atoms with Gasteiger partial charge in [0.25, 0.3) is 5.69 Å². The Kier molecular flexibility index (Phi) is 4.13. The number of pyridine rings is 1. The number of hydrogen-bond acceptors (Lipinski definition) is 5. The van der Waals surface area contributed by atoms with E-state index < -0.39 is 14.9 Å². The summed E-state index contributed by atoms with van der Waals surface area (Å²) < 4.78 is 26.0. The lowest BCUT2D eigenvalue weighted by Gasteiger charge is -2.11. The van der Waals surface area contributed by atoms with E-state index >= 15 is 0 Å². The predicted octanol–water partition coefficient (Wildman–Crippen LogP) is 1.07. The second-order valence-electron chi connectivity index (χ2n) is 3.57. The summed E-state index contributed by atoms with van der Waals surface area (Å²) >= 11 is 0. The number of nitrogens with zero attached hydrogens (tertiary/aromatic N) is 2. The number of aromatic nitrogens is 1. The van der Waals surface area contributed by atoms with Crippen LogP contribution in [0.4, 0.5) is 5.69 Å². The van der Waals surface area contributed by atoms with Crippen LogP contribution < -0.4 is 4.72 Å². The van der Waals surface area contributed by atoms with E-state index in [1.165, 1.54) is 0 Å². The van der Waals surface area contributed by atoms with Gasteiger partial charge in [-0.05, 0) is 13.3 Å². The maximum atomic E-state index is 11.8. The monoisotopic (exact) mass is 259 g/mol. The second-order valence-corrected chi connectivity index (χ2v) is 5.28. The molecule has 0 saturated carbocycles. The van der Waals surface area contributed by atoms with Crippen LogP contribution in [0.2, 0.25) is 0 Å². The highest BCUT2D eigenvalue weighted by Gasteiger charge is 2.19. The molecule has 17 heavy (non-hydrogen) atoms. The van der Waals surface area contributed by atoms with E-state index in [1.807, 2.05) is 6.92 Å². The SMILES string of the molecule is CCC(C)NS(=O)(=O)c1cncc([N+](=O)[O-])c1. The summed E-state index contributed by atoms with van der Waals surface area (Å²) in [6.45, 7) is 3.54. The lowest BCUT2D eigenvalue weighted by molar-refractivity contribution is -0.385. The van der Waals surface area contributed by atoms with Gasteiger partial charge in [0.2, 0.25) is 10.0 Å². The Hall–Kier alpha value is -1.54. The molecule has 8 heteroatoms. The summed E-state index contributed by atoms with van der Waals surface area (Å²) in [5, 5.41) is 10.5. The third-order valence-corrected chi connectivity index (χ3v) is 3.75. The van der Waals surface area contributed by atoms with Crippen molar-refractivity contribution in [2.45, 2.75) is 31.2 Å². The van der Waals surface area contributed by atoms with E-state index in [0.29, 0.717) is 6.42 Å². The minimum atomic E-state index is -3.74. The third kappa shape index (κ3) is 3.46. The maximum absolute atomic E-state index is 11.8. The summed E-state index contributed by atoms with van der Waals surface area (Å²) in [4.78, 5) is 13.2. The maximum Gasteiger partial charge on any atom is 0.288 e. The van der Waals surface area contributed by atoms with Crippen molar-refractivity contribution in [2.75, 3.05) is 0 Å². The number of nitro groups is 1. The van der Waals surface area contributed by atoms with Gasteiger partial charge in [-0.1, -0.05) is 6.92 Å². The van der Waals surface area contributed by atoms with Gasteiger partial charge in [-0.2, -0.15) is 0 Å². The molecule has 1 N–H and O–H groups in total. The van der Waals surface area contributed by atoms with Gasteiger partial charge in [-0.3, -0.25) is 15.1 Å². The number of rotatable bonds is 5. The molecule has 0 aliphatic rings. The van der Waals surface area contributed by atoms with E-state index in [0.717, 1.165) is 18.5 Å². The largest absolute Gasteiger partial charge is 0.288 e. The zero-order valence-electron chi connectivity index (χ0n) is 9.45. The Labute approximate surface area is 99.1 Å². The first-order valence-electron chi connectivity index (χ1n) is 4.98. The Morgan fingerprint density at radius 1 is 1.53 bits per heavy atom. The standard InChI is InChI=1S/C9H13N3O4S/c1-3-7(2)11-17(15,16)9-4-8(12(13)14)5-10-6-9/h4-7,11H,3H2,1-2H3. The zero-order valence-corrected chi connectivity index (χ0v) is 10.3. The number of hydrogen-bond donors (Lipinski definition) is 1. The highest BCUT2D eigenvalue weighted by Crippen LogP contribution is 2.15. The first kappa shape index (κ1) is 13.5. The predicted molar refractivity (Wildman–Crippen MR) is 61.0 cm³/mol. The van der Waals surface area contributed by atoms with E-state index in [2.05, 4.69) is 9.71 Å². The van der Waals surface area contributed by atoms with Crippen molar-refractivity contribution in [1.29, 1.82) is 0 Å². The number of sulfonamides is 1. The van der Waals surface area contributed by atoms with E-state index in [1.54, 1.807) is 6.92 Å². The molecule has 0 saturated heterocycles. The van der Waals surface area contributed by atoms with Crippen LogP contribution >= 0.6 is 0 Å². The van der Waals surface area contributed by atoms with Gasteiger partial charge >= 0.3 is 0 Å². The summed E-state index contributed by atoms with van der Waals surface area (Å²) in [5.41, 5.74) is -0.350. The average Bonchev–Trinajstić information content (AvgIpc) is 2.28. The van der Waals surface area contributed by atoms with Crippen molar-refractivity contribution in [2.24, 2.45) is 0 Å². The lowest BCUT2D eigenvalue weighted by Crippen LogP contribution is -2.32. The fraction of sp³-hybridized carbons (Fsp3) is 0.444. The molecule has 1 heterocycles. The van der Waals surface area contributed by atoms with Crippen LogP contribution in [0, 0.1) is 10.1 Å². The van der Waals surface area contributed by atoms with Gasteiger partial charge < -0.3 is 0 Å². The summed E-state index contributed by atoms with van der Waals surface area (Å²) in [5.74, 6) is 0. The molecule has 7 nitrogen and oxygen atoms in total. The first-order valence-corrected chi connectivity index (χ1v) is 6.47. The van der Waals surface area contributed by atoms with Gasteiger partial charge in [0.15, 0.2) is 0 Å². The van der Waals surface area contributed by atoms with Crippen LogP contribution in [-0.2, 0) is 10.0 Å². The van der Waals surface area contributed by atoms with Gasteiger partial charge in [0.1, 0.15) is 11.1 Å². The summed E-state index contributed by atoms with van der Waals surface area (Å²) in [6.07, 6.45) is 2.71. The number of nitrogens with one attached hydrogen (secondary N) is 1. The molecule has 0 aromatic carbocycles. The Morgan fingerprint density at radius 2 is 2.18 bits per heavy atom. The topological polar surface area (TPSA) is 102 Å². The smallest absolute Gasteiger partial charge is 0.258 e. The molecule has 0 aliphatic heterocycles. The lowest BCUT2D eigenvalue weighted by atomic mass is 10.3. The molecule has 1 aromatic rings. The molecule has 0 radical (unpaired) electrons. The van der Waals surface area contributed by atoms with E-state index in [-0.39, 0.29) is 16.6 Å². The first-order chi connectivity index (χ1) is 7.86. The van der Waals surface area contributed by atoms with Crippen molar-refractivity contribution < 1.29 is 13.3 Å². The molecule has 1 atom stereocenters. The molecule has 0 amide bonds. The van der Waals surface area contributed by atoms with Crippen LogP contribution in [0.15, 0.2) is 23.4 Å². The zero-order chi connectivity index (χ0) is 13.1. The molecular formula is C9H13N3O4S. The van der Waals surface area contributed by atoms with Crippen LogP contribution in [0.1, 0.15) is 20.3 Å². The summed E-state index contributed by atoms with van der Waals surface area (Å²) in [6, 6.07) is 0.747. The van der Waals surface area contributed by atoms with Crippen LogP contribution in [0.3, 0.4) is 0 Å². The van der Waals surface area contributed by atoms with Crippen molar-refractivity contribution in [3.8, 4) is 0 Å². The molecule has 94 valence electrons. The van der Waals surface area contributed by atoms with E-state index in [9.17, 15) is 18.5 Å². The molecular weight excluding hydrogens is 246 g/mol. The molecule has 0 bridgehead atoms. The van der Waals surface area contributed by atoms with Crippen LogP contribution in [0.5, 0.6) is 0 Å². The van der Waals surface area contributed by atoms with Gasteiger partial charge in [-0.25, -0.2) is 13.1 Å². The molecule has 0 fully saturated rings. The Bertz CT molecular complexity index is 515. The molecule has 0 spiro atoms. The van der Waals surface area contributed by atoms with Crippen LogP contribution in [-0.4, -0.2) is 24.4 Å². The Balaban J connectivity index is 3.07. The van der Waals surface area contributed by atoms with Gasteiger partial charge in [0.05, 0.1) is 4.92 Å². The molecule has 1 rings (SSSR count). The Morgan fingerprint density at radius 3 is 2.71 bits per heavy atom. The molecule has 0 aliphatic carbocycles. The van der Waals surface area contributed by atoms with Crippen molar-refractivity contribution in [1.82, 2.24) is 9.71 Å². The van der Waals surface area contributed by atoms with Crippen molar-refractivity contribution in [3.05, 3.63) is 28.6 Å². The van der Waals surface area contributed by atoms with Gasteiger partial charge in [0, 0.05) is 18.3 Å². The highest BCUT2D eigenvalue weighted by atomic mass is 32.2. The normalized spacial score (nSPS) is 13.3. The van der Waals surface area contributed by atoms with Crippen molar-refractivity contribution >= 4 is 15.7 Å². The quantitative estimate of drug-likeness (QED) is 0.629. The third-order valence-electron chi connectivity index (χ3n) is 2.19. The highest BCUT2D eigenvalue weighted by molar-refractivity contribution is 7.89. The minimum absolute atomic E-state index is 0.202. The molecule has 1 aromatic heterocycles. The minimum Gasteiger partial charge on any atom is -0.258 e. The van der Waals surface area contributed by atoms with Crippen LogP contribution in [0.25, 0.3) is 0 Å². The molecule has 1 unspecified atom stereocenters. The fourth-order valence-electron chi connectivity index (χ4n) is 1.07. The summed E-state index contributed by atoms with van der Waals surface area (Å²) in [7, 11) is -3.74. The fourth-order valence-corrected chi connectivity index (χ4v) is 2.38. The van der Waals surface area contributed by atoms with E-state index in [4.69, 9.17) is 0 Å². The second kappa shape index (κ2) is 5.19. The van der Waals surface area contributed by atoms with Crippen molar-refractivity contribution in [3.63, 3.8) is 0 Å². The van der Waals surface area contributed by atoms with Gasteiger partial charge in [-0.15, -0.1) is 0 Å².